The summed E-state index contributed by atoms with van der Waals surface area (Å²) in [7, 11) is 2.26. The minimum atomic E-state index is -0.874. The van der Waals surface area contributed by atoms with Crippen LogP contribution in [-0.4, -0.2) is 51.1 Å². The van der Waals surface area contributed by atoms with Gasteiger partial charge in [0.1, 0.15) is 5.82 Å². The van der Waals surface area contributed by atoms with Crippen LogP contribution >= 0.6 is 0 Å². The van der Waals surface area contributed by atoms with Crippen LogP contribution in [0.4, 0.5) is 5.82 Å². The van der Waals surface area contributed by atoms with Crippen molar-refractivity contribution in [2.75, 3.05) is 14.2 Å². The Kier molecular flexibility index (Phi) is 4.24. The zero-order valence-electron chi connectivity index (χ0n) is 11.4. The molecule has 0 bridgehead atoms. The minimum absolute atomic E-state index is 0.00736. The Balaban J connectivity index is 2.62. The lowest BCUT2D eigenvalue weighted by Crippen LogP contribution is -2.16. The topological polar surface area (TPSA) is 158 Å². The maximum atomic E-state index is 11.9. The second kappa shape index (κ2) is 6.28. The van der Waals surface area contributed by atoms with Crippen LogP contribution in [-0.2, 0) is 9.47 Å². The Morgan fingerprint density at radius 2 is 2.00 bits per heavy atom. The molecule has 0 amide bonds. The van der Waals surface area contributed by atoms with E-state index in [0.717, 1.165) is 18.9 Å². The van der Waals surface area contributed by atoms with Crippen molar-refractivity contribution in [2.24, 2.45) is 5.11 Å². The molecule has 0 aromatic carbocycles. The van der Waals surface area contributed by atoms with Crippen LogP contribution in [0.1, 0.15) is 21.0 Å². The summed E-state index contributed by atoms with van der Waals surface area (Å²) in [4.78, 5) is 33.8. The highest BCUT2D eigenvalue weighted by atomic mass is 16.5. The van der Waals surface area contributed by atoms with E-state index in [1.165, 1.54) is 12.4 Å². The van der Waals surface area contributed by atoms with Gasteiger partial charge in [-0.1, -0.05) is 5.21 Å². The fourth-order valence-corrected chi connectivity index (χ4v) is 1.50. The third-order valence-corrected chi connectivity index (χ3v) is 2.40. The molecule has 22 heavy (non-hydrogen) atoms. The molecule has 12 heteroatoms. The van der Waals surface area contributed by atoms with Crippen LogP contribution in [0.2, 0.25) is 0 Å². The molecule has 112 valence electrons. The predicted octanol–water partition coefficient (Wildman–Crippen LogP) is 0.572. The van der Waals surface area contributed by atoms with Gasteiger partial charge in [-0.25, -0.2) is 14.6 Å². The summed E-state index contributed by atoms with van der Waals surface area (Å²) in [6.45, 7) is 0. The largest absolute Gasteiger partial charge is 0.464 e. The monoisotopic (exact) mass is 304 g/mol. The number of azide groups is 1. The lowest BCUT2D eigenvalue weighted by atomic mass is 10.3. The van der Waals surface area contributed by atoms with Crippen molar-refractivity contribution in [1.29, 1.82) is 0 Å². The second-order valence-electron chi connectivity index (χ2n) is 3.61. The van der Waals surface area contributed by atoms with Gasteiger partial charge in [-0.2, -0.15) is 4.68 Å². The van der Waals surface area contributed by atoms with E-state index in [1.54, 1.807) is 0 Å². The summed E-state index contributed by atoms with van der Waals surface area (Å²) in [5.41, 5.74) is 7.76. The molecule has 0 aliphatic rings. The Hall–Kier alpha value is -3.53. The summed E-state index contributed by atoms with van der Waals surface area (Å²) in [6, 6.07) is 0. The van der Waals surface area contributed by atoms with Gasteiger partial charge >= 0.3 is 11.9 Å². The molecule has 0 radical (unpaired) electrons. The van der Waals surface area contributed by atoms with Gasteiger partial charge in [0, 0.05) is 4.91 Å². The maximum absolute atomic E-state index is 11.9. The van der Waals surface area contributed by atoms with Crippen LogP contribution in [0.15, 0.2) is 17.5 Å². The molecular formula is C10H8N8O4. The zero-order valence-corrected chi connectivity index (χ0v) is 11.4. The van der Waals surface area contributed by atoms with Gasteiger partial charge in [0.2, 0.25) is 5.69 Å². The van der Waals surface area contributed by atoms with Gasteiger partial charge in [0.15, 0.2) is 11.5 Å². The molecule has 2 rings (SSSR count). The van der Waals surface area contributed by atoms with Gasteiger partial charge in [0.05, 0.1) is 26.6 Å². The van der Waals surface area contributed by atoms with E-state index in [4.69, 9.17) is 5.53 Å². The fraction of sp³-hybridized carbons (Fsp3) is 0.200. The smallest absolute Gasteiger partial charge is 0.361 e. The molecule has 0 fully saturated rings. The van der Waals surface area contributed by atoms with Crippen LogP contribution < -0.4 is 0 Å². The minimum Gasteiger partial charge on any atom is -0.464 e. The summed E-state index contributed by atoms with van der Waals surface area (Å²) in [6.07, 6.45) is 2.44. The van der Waals surface area contributed by atoms with Crippen molar-refractivity contribution in [2.45, 2.75) is 0 Å². The van der Waals surface area contributed by atoms with Gasteiger partial charge in [-0.15, -0.1) is 5.10 Å². The van der Waals surface area contributed by atoms with E-state index in [0.29, 0.717) is 0 Å². The van der Waals surface area contributed by atoms with E-state index in [9.17, 15) is 9.59 Å². The normalized spacial score (nSPS) is 9.73. The number of carbonyl (C=O) groups excluding carboxylic acids is 2. The van der Waals surface area contributed by atoms with Gasteiger partial charge < -0.3 is 9.47 Å². The number of hydrogen-bond donors (Lipinski definition) is 0. The fourth-order valence-electron chi connectivity index (χ4n) is 1.50. The molecule has 0 aliphatic carbocycles. The molecule has 2 aromatic rings. The van der Waals surface area contributed by atoms with E-state index < -0.39 is 11.9 Å². The molecule has 0 saturated carbocycles. The molecule has 2 aromatic heterocycles. The average Bonchev–Trinajstić information content (AvgIpc) is 2.99. The first-order valence-corrected chi connectivity index (χ1v) is 5.62. The number of aromatic nitrogens is 5. The molecule has 0 aliphatic heterocycles. The summed E-state index contributed by atoms with van der Waals surface area (Å²) >= 11 is 0. The number of nitrogens with zero attached hydrogens (tertiary/aromatic N) is 8. The van der Waals surface area contributed by atoms with Crippen molar-refractivity contribution in [3.8, 4) is 5.82 Å². The molecule has 0 unspecified atom stereocenters. The molecule has 0 saturated heterocycles. The number of ether oxygens (including phenoxy) is 2. The van der Waals surface area contributed by atoms with E-state index in [-0.39, 0.29) is 23.0 Å². The zero-order chi connectivity index (χ0) is 16.1. The number of carbonyl (C=O) groups is 2. The molecule has 2 heterocycles. The highest BCUT2D eigenvalue weighted by Gasteiger charge is 2.28. The van der Waals surface area contributed by atoms with Crippen LogP contribution in [0.5, 0.6) is 0 Å². The first kappa shape index (κ1) is 14.9. The van der Waals surface area contributed by atoms with E-state index >= 15 is 0 Å². The molecule has 0 atom stereocenters. The highest BCUT2D eigenvalue weighted by Crippen LogP contribution is 2.15. The van der Waals surface area contributed by atoms with Gasteiger partial charge in [0.25, 0.3) is 0 Å². The Labute approximate surface area is 122 Å². The second-order valence-corrected chi connectivity index (χ2v) is 3.61. The van der Waals surface area contributed by atoms with Crippen molar-refractivity contribution in [1.82, 2.24) is 25.0 Å². The van der Waals surface area contributed by atoms with Crippen LogP contribution in [0, 0.1) is 0 Å². The van der Waals surface area contributed by atoms with Crippen LogP contribution in [0.25, 0.3) is 16.3 Å². The third kappa shape index (κ3) is 2.66. The lowest BCUT2D eigenvalue weighted by Gasteiger charge is -2.04. The standard InChI is InChI=1S/C10H8N8O4/c1-21-9(19)7-8(10(20)22-2)18(17-15-7)6-4-12-3-5(13-6)14-16-11/h3-4H,1-2H3. The Morgan fingerprint density at radius 3 is 2.64 bits per heavy atom. The van der Waals surface area contributed by atoms with E-state index in [1.807, 2.05) is 0 Å². The Bertz CT molecular complexity index is 779. The number of esters is 2. The van der Waals surface area contributed by atoms with Crippen molar-refractivity contribution < 1.29 is 19.1 Å². The molecule has 0 N–H and O–H groups in total. The van der Waals surface area contributed by atoms with Crippen LogP contribution in [0.3, 0.4) is 0 Å². The number of hydrogen-bond acceptors (Lipinski definition) is 9. The van der Waals surface area contributed by atoms with Crippen molar-refractivity contribution in [3.05, 3.63) is 34.2 Å². The first-order chi connectivity index (χ1) is 10.6. The van der Waals surface area contributed by atoms with Gasteiger partial charge in [-0.3, -0.25) is 4.98 Å². The molecular weight excluding hydrogens is 296 g/mol. The number of methoxy groups -OCH3 is 2. The van der Waals surface area contributed by atoms with Crippen molar-refractivity contribution in [3.63, 3.8) is 0 Å². The maximum Gasteiger partial charge on any atom is 0.361 e. The predicted molar refractivity (Wildman–Crippen MR) is 68.4 cm³/mol. The summed E-state index contributed by atoms with van der Waals surface area (Å²) < 4.78 is 10.0. The lowest BCUT2D eigenvalue weighted by molar-refractivity contribution is 0.0545. The first-order valence-electron chi connectivity index (χ1n) is 5.62. The summed E-state index contributed by atoms with van der Waals surface area (Å²) in [5.74, 6) is -1.79. The molecule has 0 spiro atoms. The average molecular weight is 304 g/mol. The van der Waals surface area contributed by atoms with E-state index in [2.05, 4.69) is 39.8 Å². The number of rotatable bonds is 4. The quantitative estimate of drug-likeness (QED) is 0.343. The third-order valence-electron chi connectivity index (χ3n) is 2.40. The summed E-state index contributed by atoms with van der Waals surface area (Å²) in [5, 5.41) is 10.5. The highest BCUT2D eigenvalue weighted by molar-refractivity contribution is 6.00. The Morgan fingerprint density at radius 1 is 1.27 bits per heavy atom. The SMILES string of the molecule is COC(=O)c1nnn(-c2cncc(N=[N+]=[N-])n2)c1C(=O)OC. The van der Waals surface area contributed by atoms with Crippen molar-refractivity contribution >= 4 is 17.8 Å². The molecule has 12 nitrogen and oxygen atoms in total. The van der Waals surface area contributed by atoms with Gasteiger partial charge in [-0.05, 0) is 10.6 Å².